The van der Waals surface area contributed by atoms with E-state index in [1.165, 1.54) is 0 Å². The highest BCUT2D eigenvalue weighted by atomic mass is 16.2. The van der Waals surface area contributed by atoms with Gasteiger partial charge in [-0.3, -0.25) is 4.79 Å². The van der Waals surface area contributed by atoms with Crippen LogP contribution in [0.15, 0.2) is 0 Å². The summed E-state index contributed by atoms with van der Waals surface area (Å²) in [5, 5.41) is 0. The number of nitrogens with zero attached hydrogens (tertiary/aromatic N) is 1. The minimum absolute atomic E-state index is 0.241. The van der Waals surface area contributed by atoms with E-state index in [0.29, 0.717) is 5.41 Å². The Morgan fingerprint density at radius 3 is 2.64 bits per heavy atom. The first-order valence-corrected chi connectivity index (χ1v) is 4.31. The third-order valence-corrected chi connectivity index (χ3v) is 3.78. The van der Waals surface area contributed by atoms with Crippen LogP contribution in [-0.2, 0) is 4.79 Å². The predicted octanol–water partition coefficient (Wildman–Crippen LogP) is 1.12. The molecule has 2 aliphatic rings. The van der Waals surface area contributed by atoms with Gasteiger partial charge in [0.1, 0.15) is 0 Å². The summed E-state index contributed by atoms with van der Waals surface area (Å²) in [5.74, 6) is 1.88. The van der Waals surface area contributed by atoms with Crippen LogP contribution in [0.25, 0.3) is 0 Å². The van der Waals surface area contributed by atoms with E-state index in [0.717, 1.165) is 24.9 Å². The van der Waals surface area contributed by atoms with Gasteiger partial charge in [0.25, 0.3) is 0 Å². The largest absolute Gasteiger partial charge is 0.342 e. The fourth-order valence-electron chi connectivity index (χ4n) is 2.49. The summed E-state index contributed by atoms with van der Waals surface area (Å²) in [5.41, 5.74) is 0.478. The third kappa shape index (κ3) is 0.754. The van der Waals surface area contributed by atoms with Gasteiger partial charge in [-0.2, -0.15) is 0 Å². The van der Waals surface area contributed by atoms with Gasteiger partial charge in [0.15, 0.2) is 0 Å². The van der Waals surface area contributed by atoms with E-state index in [1.54, 1.807) is 6.92 Å². The summed E-state index contributed by atoms with van der Waals surface area (Å²) in [4.78, 5) is 13.0. The second-order valence-corrected chi connectivity index (χ2v) is 4.30. The molecule has 0 aromatic rings. The van der Waals surface area contributed by atoms with Crippen LogP contribution in [0.1, 0.15) is 20.8 Å². The number of likely N-dealkylation sites (tertiary alicyclic amines) is 1. The molecular formula is C9H15NO. The Bertz CT molecular complexity index is 214. The van der Waals surface area contributed by atoms with Crippen molar-refractivity contribution in [1.82, 2.24) is 4.90 Å². The molecule has 1 saturated carbocycles. The number of hydrogen-bond donors (Lipinski definition) is 0. The zero-order chi connectivity index (χ0) is 8.22. The minimum atomic E-state index is 0.241. The lowest BCUT2D eigenvalue weighted by Gasteiger charge is -2.18. The molecule has 0 aromatic carbocycles. The van der Waals surface area contributed by atoms with E-state index in [1.807, 2.05) is 4.90 Å². The molecule has 3 unspecified atom stereocenters. The van der Waals surface area contributed by atoms with Crippen molar-refractivity contribution in [2.24, 2.45) is 17.3 Å². The molecule has 2 nitrogen and oxygen atoms in total. The highest BCUT2D eigenvalue weighted by Crippen LogP contribution is 2.62. The van der Waals surface area contributed by atoms with E-state index in [2.05, 4.69) is 13.8 Å². The summed E-state index contributed by atoms with van der Waals surface area (Å²) in [6.45, 7) is 8.26. The molecule has 2 rings (SSSR count). The second-order valence-electron chi connectivity index (χ2n) is 4.30. The lowest BCUT2D eigenvalue weighted by atomic mass is 10.1. The molecule has 0 aromatic heterocycles. The first kappa shape index (κ1) is 7.14. The summed E-state index contributed by atoms with van der Waals surface area (Å²) >= 11 is 0. The number of hydrogen-bond acceptors (Lipinski definition) is 1. The molecule has 0 radical (unpaired) electrons. The zero-order valence-corrected chi connectivity index (χ0v) is 7.42. The number of amides is 1. The zero-order valence-electron chi connectivity index (χ0n) is 7.42. The second kappa shape index (κ2) is 1.79. The van der Waals surface area contributed by atoms with E-state index in [-0.39, 0.29) is 5.91 Å². The van der Waals surface area contributed by atoms with Crippen LogP contribution in [0.2, 0.25) is 0 Å². The molecule has 1 saturated heterocycles. The molecule has 1 aliphatic carbocycles. The van der Waals surface area contributed by atoms with Crippen molar-refractivity contribution < 1.29 is 4.79 Å². The van der Waals surface area contributed by atoms with Crippen molar-refractivity contribution in [2.75, 3.05) is 13.1 Å². The maximum absolute atomic E-state index is 11.0. The Hall–Kier alpha value is -0.530. The van der Waals surface area contributed by atoms with Crippen molar-refractivity contribution in [3.05, 3.63) is 0 Å². The van der Waals surface area contributed by atoms with Crippen LogP contribution in [0.4, 0.5) is 0 Å². The standard InChI is InChI=1S/C9H15NO/c1-6-8-4-10(7(2)11)5-9(6,8)3/h6,8H,4-5H2,1-3H3. The van der Waals surface area contributed by atoms with Crippen molar-refractivity contribution in [1.29, 1.82) is 0 Å². The Labute approximate surface area is 67.6 Å². The van der Waals surface area contributed by atoms with E-state index in [4.69, 9.17) is 0 Å². The molecule has 0 spiro atoms. The summed E-state index contributed by atoms with van der Waals surface area (Å²) in [7, 11) is 0. The Kier molecular flexibility index (Phi) is 1.16. The number of rotatable bonds is 0. The van der Waals surface area contributed by atoms with Crippen LogP contribution in [0, 0.1) is 17.3 Å². The predicted molar refractivity (Wildman–Crippen MR) is 43.0 cm³/mol. The monoisotopic (exact) mass is 153 g/mol. The smallest absolute Gasteiger partial charge is 0.219 e. The molecule has 11 heavy (non-hydrogen) atoms. The van der Waals surface area contributed by atoms with E-state index < -0.39 is 0 Å². The topological polar surface area (TPSA) is 20.3 Å². The third-order valence-electron chi connectivity index (χ3n) is 3.78. The van der Waals surface area contributed by atoms with Gasteiger partial charge in [0.05, 0.1) is 0 Å². The van der Waals surface area contributed by atoms with Gasteiger partial charge in [-0.05, 0) is 17.3 Å². The number of piperidine rings is 1. The lowest BCUT2D eigenvalue weighted by molar-refractivity contribution is -0.128. The molecular weight excluding hydrogens is 138 g/mol. The van der Waals surface area contributed by atoms with Crippen molar-refractivity contribution in [3.63, 3.8) is 0 Å². The molecule has 2 heteroatoms. The molecule has 1 aliphatic heterocycles. The van der Waals surface area contributed by atoms with E-state index >= 15 is 0 Å². The van der Waals surface area contributed by atoms with Crippen LogP contribution in [0.5, 0.6) is 0 Å². The van der Waals surface area contributed by atoms with Gasteiger partial charge >= 0.3 is 0 Å². The van der Waals surface area contributed by atoms with Crippen LogP contribution in [-0.4, -0.2) is 23.9 Å². The van der Waals surface area contributed by atoms with Gasteiger partial charge in [0, 0.05) is 20.0 Å². The quantitative estimate of drug-likeness (QED) is 0.510. The molecule has 0 N–H and O–H groups in total. The maximum atomic E-state index is 11.0. The van der Waals surface area contributed by atoms with Crippen molar-refractivity contribution in [3.8, 4) is 0 Å². The first-order chi connectivity index (χ1) is 5.05. The molecule has 1 amide bonds. The molecule has 1 heterocycles. The highest BCUT2D eigenvalue weighted by Gasteiger charge is 2.63. The minimum Gasteiger partial charge on any atom is -0.342 e. The van der Waals surface area contributed by atoms with Gasteiger partial charge in [-0.15, -0.1) is 0 Å². The summed E-state index contributed by atoms with van der Waals surface area (Å²) in [6, 6.07) is 0. The van der Waals surface area contributed by atoms with Gasteiger partial charge in [-0.25, -0.2) is 0 Å². The van der Waals surface area contributed by atoms with Crippen LogP contribution in [0.3, 0.4) is 0 Å². The van der Waals surface area contributed by atoms with Crippen molar-refractivity contribution in [2.45, 2.75) is 20.8 Å². The number of fused-ring (bicyclic) bond motifs is 1. The molecule has 3 atom stereocenters. The fourth-order valence-corrected chi connectivity index (χ4v) is 2.49. The highest BCUT2D eigenvalue weighted by molar-refractivity contribution is 5.74. The SMILES string of the molecule is CC(=O)N1CC2C(C)C2(C)C1. The van der Waals surface area contributed by atoms with Gasteiger partial charge in [0.2, 0.25) is 5.91 Å². The number of carbonyl (C=O) groups excluding carboxylic acids is 1. The van der Waals surface area contributed by atoms with Crippen molar-refractivity contribution >= 4 is 5.91 Å². The first-order valence-electron chi connectivity index (χ1n) is 4.31. The molecule has 62 valence electrons. The maximum Gasteiger partial charge on any atom is 0.219 e. The summed E-state index contributed by atoms with van der Waals surface area (Å²) in [6.07, 6.45) is 0. The van der Waals surface area contributed by atoms with E-state index in [9.17, 15) is 4.79 Å². The Morgan fingerprint density at radius 2 is 2.27 bits per heavy atom. The van der Waals surface area contributed by atoms with Gasteiger partial charge in [-0.1, -0.05) is 13.8 Å². The summed E-state index contributed by atoms with van der Waals surface area (Å²) < 4.78 is 0. The fraction of sp³-hybridized carbons (Fsp3) is 0.889. The average Bonchev–Trinajstić information content (AvgIpc) is 2.34. The molecule has 2 fully saturated rings. The van der Waals surface area contributed by atoms with Gasteiger partial charge < -0.3 is 4.90 Å². The van der Waals surface area contributed by atoms with Crippen LogP contribution < -0.4 is 0 Å². The Balaban J connectivity index is 2.06. The average molecular weight is 153 g/mol. The normalized spacial score (nSPS) is 47.4. The molecule has 0 bridgehead atoms. The number of carbonyl (C=O) groups is 1. The van der Waals surface area contributed by atoms with Crippen LogP contribution >= 0.6 is 0 Å². The Morgan fingerprint density at radius 1 is 1.64 bits per heavy atom. The lowest BCUT2D eigenvalue weighted by Crippen LogP contribution is -2.30.